The van der Waals surface area contributed by atoms with Gasteiger partial charge in [-0.1, -0.05) is 5.16 Å². The summed E-state index contributed by atoms with van der Waals surface area (Å²) in [7, 11) is 0. The van der Waals surface area contributed by atoms with Gasteiger partial charge in [0.15, 0.2) is 0 Å². The summed E-state index contributed by atoms with van der Waals surface area (Å²) in [4.78, 5) is 22.7. The van der Waals surface area contributed by atoms with Gasteiger partial charge in [-0.15, -0.1) is 0 Å². The van der Waals surface area contributed by atoms with E-state index in [0.717, 1.165) is 38.4 Å². The van der Waals surface area contributed by atoms with Gasteiger partial charge in [0.1, 0.15) is 0 Å². The summed E-state index contributed by atoms with van der Waals surface area (Å²) in [5.74, 6) is 0.931. The normalized spacial score (nSPS) is 16.5. The molecule has 2 aromatic heterocycles. The zero-order chi connectivity index (χ0) is 17.5. The minimum Gasteiger partial charge on any atom is -0.379 e. The molecule has 134 valence electrons. The maximum atomic E-state index is 12.1. The highest BCUT2D eigenvalue weighted by molar-refractivity contribution is 5.76. The van der Waals surface area contributed by atoms with Crippen LogP contribution in [0.1, 0.15) is 19.2 Å². The number of pyridine rings is 1. The van der Waals surface area contributed by atoms with E-state index >= 15 is 0 Å². The number of nitrogens with zero attached hydrogens (tertiary/aromatic N) is 4. The van der Waals surface area contributed by atoms with Crippen LogP contribution in [0.4, 0.5) is 0 Å². The van der Waals surface area contributed by atoms with Gasteiger partial charge in [-0.25, -0.2) is 0 Å². The Labute approximate surface area is 146 Å². The van der Waals surface area contributed by atoms with E-state index in [9.17, 15) is 4.79 Å². The fourth-order valence-electron chi connectivity index (χ4n) is 2.75. The molecule has 3 rings (SSSR count). The topological polar surface area (TPSA) is 93.4 Å². The lowest BCUT2D eigenvalue weighted by atomic mass is 10.2. The van der Waals surface area contributed by atoms with E-state index in [2.05, 4.69) is 25.3 Å². The Kier molecular flexibility index (Phi) is 6.08. The van der Waals surface area contributed by atoms with Gasteiger partial charge in [0.05, 0.1) is 13.2 Å². The molecule has 25 heavy (non-hydrogen) atoms. The van der Waals surface area contributed by atoms with Crippen LogP contribution in [0.15, 0.2) is 29.0 Å². The Bertz CT molecular complexity index is 670. The Morgan fingerprint density at radius 3 is 3.00 bits per heavy atom. The minimum atomic E-state index is -0.0121. The highest BCUT2D eigenvalue weighted by Gasteiger charge is 2.16. The molecule has 1 unspecified atom stereocenters. The molecule has 1 fully saturated rings. The van der Waals surface area contributed by atoms with Crippen LogP contribution in [0.25, 0.3) is 11.4 Å². The lowest BCUT2D eigenvalue weighted by Gasteiger charge is -2.29. The molecule has 8 nitrogen and oxygen atoms in total. The van der Waals surface area contributed by atoms with Gasteiger partial charge in [0, 0.05) is 56.5 Å². The van der Waals surface area contributed by atoms with Crippen molar-refractivity contribution in [2.45, 2.75) is 25.8 Å². The van der Waals surface area contributed by atoms with E-state index in [1.54, 1.807) is 12.4 Å². The van der Waals surface area contributed by atoms with Crippen molar-refractivity contribution in [3.8, 4) is 11.4 Å². The lowest BCUT2D eigenvalue weighted by molar-refractivity contribution is -0.121. The minimum absolute atomic E-state index is 0.0121. The maximum absolute atomic E-state index is 12.1. The molecule has 0 aromatic carbocycles. The number of hydrogen-bond donors (Lipinski definition) is 1. The van der Waals surface area contributed by atoms with Crippen molar-refractivity contribution in [2.24, 2.45) is 0 Å². The number of hydrogen-bond acceptors (Lipinski definition) is 7. The van der Waals surface area contributed by atoms with E-state index < -0.39 is 0 Å². The van der Waals surface area contributed by atoms with E-state index in [1.165, 1.54) is 0 Å². The fourth-order valence-corrected chi connectivity index (χ4v) is 2.75. The Morgan fingerprint density at radius 1 is 1.40 bits per heavy atom. The highest BCUT2D eigenvalue weighted by Crippen LogP contribution is 2.14. The molecule has 0 saturated carbocycles. The van der Waals surface area contributed by atoms with Crippen molar-refractivity contribution >= 4 is 5.91 Å². The first kappa shape index (κ1) is 17.5. The standard InChI is InChI=1S/C17H23N5O3/c1-13(12-22-7-9-24-10-8-22)19-15(23)4-5-16-20-17(21-25-16)14-3-2-6-18-11-14/h2-3,6,11,13H,4-5,7-10,12H2,1H3,(H,19,23). The molecule has 1 saturated heterocycles. The molecule has 0 spiro atoms. The summed E-state index contributed by atoms with van der Waals surface area (Å²) in [6.07, 6.45) is 4.10. The predicted octanol–water partition coefficient (Wildman–Crippen LogP) is 0.901. The van der Waals surface area contributed by atoms with Gasteiger partial charge < -0.3 is 14.6 Å². The summed E-state index contributed by atoms with van der Waals surface area (Å²) < 4.78 is 10.5. The summed E-state index contributed by atoms with van der Waals surface area (Å²) in [6.45, 7) is 6.20. The second-order valence-corrected chi connectivity index (χ2v) is 6.13. The molecule has 0 bridgehead atoms. The second kappa shape index (κ2) is 8.68. The van der Waals surface area contributed by atoms with Crippen molar-refractivity contribution in [3.63, 3.8) is 0 Å². The largest absolute Gasteiger partial charge is 0.379 e. The van der Waals surface area contributed by atoms with Crippen LogP contribution >= 0.6 is 0 Å². The number of aryl methyl sites for hydroxylation is 1. The molecular weight excluding hydrogens is 322 g/mol. The van der Waals surface area contributed by atoms with Crippen LogP contribution in [0.5, 0.6) is 0 Å². The Hall–Kier alpha value is -2.32. The molecule has 8 heteroatoms. The smallest absolute Gasteiger partial charge is 0.227 e. The third-order valence-electron chi connectivity index (χ3n) is 4.00. The SMILES string of the molecule is CC(CN1CCOCC1)NC(=O)CCc1nc(-c2cccnc2)no1. The van der Waals surface area contributed by atoms with Crippen molar-refractivity contribution in [3.05, 3.63) is 30.4 Å². The number of carbonyl (C=O) groups excluding carboxylic acids is 1. The van der Waals surface area contributed by atoms with E-state index in [0.29, 0.717) is 24.6 Å². The van der Waals surface area contributed by atoms with Gasteiger partial charge in [0.25, 0.3) is 0 Å². The molecule has 0 radical (unpaired) electrons. The quantitative estimate of drug-likeness (QED) is 0.797. The molecule has 0 aliphatic carbocycles. The first-order valence-corrected chi connectivity index (χ1v) is 8.53. The van der Waals surface area contributed by atoms with Crippen LogP contribution in [-0.4, -0.2) is 64.8 Å². The van der Waals surface area contributed by atoms with Crippen LogP contribution in [0.2, 0.25) is 0 Å². The zero-order valence-corrected chi connectivity index (χ0v) is 14.4. The average Bonchev–Trinajstić information content (AvgIpc) is 3.10. The van der Waals surface area contributed by atoms with Crippen molar-refractivity contribution in [1.29, 1.82) is 0 Å². The molecule has 1 aliphatic rings. The number of aromatic nitrogens is 3. The van der Waals surface area contributed by atoms with E-state index in [-0.39, 0.29) is 11.9 Å². The molecule has 1 aliphatic heterocycles. The Morgan fingerprint density at radius 2 is 2.24 bits per heavy atom. The lowest BCUT2D eigenvalue weighted by Crippen LogP contribution is -2.46. The van der Waals surface area contributed by atoms with Crippen molar-refractivity contribution < 1.29 is 14.1 Å². The molecule has 1 N–H and O–H groups in total. The van der Waals surface area contributed by atoms with Crippen LogP contribution in [-0.2, 0) is 16.0 Å². The number of rotatable bonds is 7. The second-order valence-electron chi connectivity index (χ2n) is 6.13. The zero-order valence-electron chi connectivity index (χ0n) is 14.4. The summed E-state index contributed by atoms with van der Waals surface area (Å²) in [5.41, 5.74) is 0.793. The van der Waals surface area contributed by atoms with Crippen molar-refractivity contribution in [1.82, 2.24) is 25.3 Å². The van der Waals surface area contributed by atoms with Gasteiger partial charge in [0.2, 0.25) is 17.6 Å². The molecule has 1 amide bonds. The van der Waals surface area contributed by atoms with Gasteiger partial charge in [-0.05, 0) is 19.1 Å². The predicted molar refractivity (Wildman–Crippen MR) is 90.7 cm³/mol. The van der Waals surface area contributed by atoms with Gasteiger partial charge >= 0.3 is 0 Å². The van der Waals surface area contributed by atoms with Crippen LogP contribution in [0, 0.1) is 0 Å². The van der Waals surface area contributed by atoms with Gasteiger partial charge in [-0.2, -0.15) is 4.98 Å². The number of ether oxygens (including phenoxy) is 1. The Balaban J connectivity index is 1.42. The van der Waals surface area contributed by atoms with E-state index in [1.807, 2.05) is 19.1 Å². The number of morpholine rings is 1. The third kappa shape index (κ3) is 5.33. The first-order chi connectivity index (χ1) is 12.2. The average molecular weight is 345 g/mol. The van der Waals surface area contributed by atoms with Gasteiger partial charge in [-0.3, -0.25) is 14.7 Å². The van der Waals surface area contributed by atoms with Crippen LogP contribution in [0.3, 0.4) is 0 Å². The highest BCUT2D eigenvalue weighted by atomic mass is 16.5. The molecule has 1 atom stereocenters. The number of carbonyl (C=O) groups is 1. The van der Waals surface area contributed by atoms with E-state index in [4.69, 9.17) is 9.26 Å². The molecular formula is C17H23N5O3. The van der Waals surface area contributed by atoms with Crippen molar-refractivity contribution in [2.75, 3.05) is 32.8 Å². The maximum Gasteiger partial charge on any atom is 0.227 e. The monoisotopic (exact) mass is 345 g/mol. The summed E-state index contributed by atoms with van der Waals surface area (Å²) in [6, 6.07) is 3.77. The fraction of sp³-hybridized carbons (Fsp3) is 0.529. The summed E-state index contributed by atoms with van der Waals surface area (Å²) >= 11 is 0. The van der Waals surface area contributed by atoms with Crippen LogP contribution < -0.4 is 5.32 Å². The number of amides is 1. The first-order valence-electron chi connectivity index (χ1n) is 8.53. The third-order valence-corrected chi connectivity index (χ3v) is 4.00. The summed E-state index contributed by atoms with van der Waals surface area (Å²) in [5, 5.41) is 6.94. The molecule has 3 heterocycles. The molecule has 2 aromatic rings. The number of nitrogens with one attached hydrogen (secondary N) is 1.